The van der Waals surface area contributed by atoms with Crippen molar-refractivity contribution in [3.63, 3.8) is 0 Å². The van der Waals surface area contributed by atoms with Crippen LogP contribution in [0.4, 0.5) is 17.1 Å². The molecule has 2 heteroatoms. The van der Waals surface area contributed by atoms with Crippen molar-refractivity contribution in [3.05, 3.63) is 163 Å². The van der Waals surface area contributed by atoms with E-state index in [0.717, 1.165) is 62.7 Å². The van der Waals surface area contributed by atoms with Gasteiger partial charge in [0.2, 0.25) is 0 Å². The summed E-state index contributed by atoms with van der Waals surface area (Å²) in [5.74, 6) is 3.42. The fourth-order valence-corrected chi connectivity index (χ4v) is 11.6. The third kappa shape index (κ3) is 3.78. The van der Waals surface area contributed by atoms with E-state index < -0.39 is 0 Å². The van der Waals surface area contributed by atoms with Crippen LogP contribution in [0.3, 0.4) is 0 Å². The number of fused-ring (bicyclic) bond motifs is 7. The minimum absolute atomic E-state index is 0.195. The van der Waals surface area contributed by atoms with Crippen molar-refractivity contribution in [1.82, 2.24) is 0 Å². The van der Waals surface area contributed by atoms with E-state index in [0.29, 0.717) is 0 Å². The number of nitrogens with zero attached hydrogens (tertiary/aromatic N) is 1. The molecule has 13 rings (SSSR count). The van der Waals surface area contributed by atoms with Gasteiger partial charge in [-0.3, -0.25) is 0 Å². The molecule has 0 N–H and O–H groups in total. The van der Waals surface area contributed by atoms with E-state index in [-0.39, 0.29) is 5.41 Å². The van der Waals surface area contributed by atoms with Gasteiger partial charge in [0.05, 0.1) is 5.69 Å². The second kappa shape index (κ2) is 10.2. The Labute approximate surface area is 298 Å². The first-order valence-electron chi connectivity index (χ1n) is 18.8. The highest BCUT2D eigenvalue weighted by Crippen LogP contribution is 2.73. The van der Waals surface area contributed by atoms with Crippen LogP contribution in [0.5, 0.6) is 0 Å². The standard InChI is InChI=1S/C49H37NO/c1-2-10-38-32(8-1)9-7-14-46(38)50(37-21-23-48-42(29-37)41-12-4-6-15-47(41)51-48)36-19-16-31(17-20-36)33-18-22-40-39-11-3-5-13-43(39)49(45(40)28-33)35-25-30-24-34(27-35)44(49)26-30/h1-23,28-30,34-35,44H,24-27H2. The summed E-state index contributed by atoms with van der Waals surface area (Å²) in [6.45, 7) is 0. The number of rotatable bonds is 4. The third-order valence-corrected chi connectivity index (χ3v) is 13.4. The zero-order valence-corrected chi connectivity index (χ0v) is 28.4. The van der Waals surface area contributed by atoms with Crippen LogP contribution in [-0.4, -0.2) is 0 Å². The average molecular weight is 656 g/mol. The Morgan fingerprint density at radius 3 is 2.18 bits per heavy atom. The van der Waals surface area contributed by atoms with Crippen LogP contribution in [0.2, 0.25) is 0 Å². The number of hydrogen-bond acceptors (Lipinski definition) is 2. The number of hydrogen-bond donors (Lipinski definition) is 0. The lowest BCUT2D eigenvalue weighted by atomic mass is 9.59. The van der Waals surface area contributed by atoms with Gasteiger partial charge in [-0.1, -0.05) is 103 Å². The predicted octanol–water partition coefficient (Wildman–Crippen LogP) is 13.2. The lowest BCUT2D eigenvalue weighted by molar-refractivity contribution is 0.191. The summed E-state index contributed by atoms with van der Waals surface area (Å²) < 4.78 is 6.23. The maximum atomic E-state index is 6.23. The van der Waals surface area contributed by atoms with E-state index in [1.165, 1.54) is 58.7 Å². The van der Waals surface area contributed by atoms with Crippen molar-refractivity contribution in [2.75, 3.05) is 4.90 Å². The van der Waals surface area contributed by atoms with Crippen LogP contribution in [-0.2, 0) is 5.41 Å². The van der Waals surface area contributed by atoms with Gasteiger partial charge in [0, 0.05) is 32.9 Å². The molecule has 0 radical (unpaired) electrons. The summed E-state index contributed by atoms with van der Waals surface area (Å²) in [5, 5.41) is 4.73. The van der Waals surface area contributed by atoms with Gasteiger partial charge >= 0.3 is 0 Å². The van der Waals surface area contributed by atoms with E-state index in [1.807, 2.05) is 6.07 Å². The van der Waals surface area contributed by atoms with Gasteiger partial charge in [-0.25, -0.2) is 0 Å². The second-order valence-corrected chi connectivity index (χ2v) is 15.7. The van der Waals surface area contributed by atoms with Gasteiger partial charge < -0.3 is 9.32 Å². The molecule has 2 nitrogen and oxygen atoms in total. The SMILES string of the molecule is c1ccc2c(c1)-c1ccc(-c3ccc(N(c4ccc5oc6ccccc6c5c4)c4cccc5ccccc45)cc3)cc1C21C2CC3CC(C2)C1C3. The number of furan rings is 1. The summed E-state index contributed by atoms with van der Waals surface area (Å²) in [6.07, 6.45) is 5.69. The topological polar surface area (TPSA) is 16.4 Å². The molecule has 0 saturated heterocycles. The Bertz CT molecular complexity index is 2690. The van der Waals surface area contributed by atoms with Crippen LogP contribution < -0.4 is 4.90 Å². The molecule has 51 heavy (non-hydrogen) atoms. The first-order valence-corrected chi connectivity index (χ1v) is 18.8. The van der Waals surface area contributed by atoms with E-state index in [2.05, 4.69) is 150 Å². The smallest absolute Gasteiger partial charge is 0.135 e. The number of para-hydroxylation sites is 1. The first kappa shape index (κ1) is 28.1. The molecule has 244 valence electrons. The zero-order chi connectivity index (χ0) is 33.3. The highest BCUT2D eigenvalue weighted by atomic mass is 16.3. The molecule has 1 aromatic heterocycles. The highest BCUT2D eigenvalue weighted by molar-refractivity contribution is 6.07. The number of anilines is 3. The molecule has 5 aliphatic rings. The highest BCUT2D eigenvalue weighted by Gasteiger charge is 2.65. The Morgan fingerprint density at radius 1 is 0.510 bits per heavy atom. The summed E-state index contributed by atoms with van der Waals surface area (Å²) >= 11 is 0. The van der Waals surface area contributed by atoms with Crippen LogP contribution in [0, 0.1) is 23.7 Å². The van der Waals surface area contributed by atoms with Gasteiger partial charge in [0.15, 0.2) is 0 Å². The summed E-state index contributed by atoms with van der Waals surface area (Å²) in [5.41, 5.74) is 14.2. The zero-order valence-electron chi connectivity index (χ0n) is 28.4. The van der Waals surface area contributed by atoms with Crippen molar-refractivity contribution in [2.45, 2.75) is 31.1 Å². The molecular weight excluding hydrogens is 619 g/mol. The molecule has 1 spiro atoms. The van der Waals surface area contributed by atoms with Crippen LogP contribution in [0.15, 0.2) is 156 Å². The lowest BCUT2D eigenvalue weighted by Crippen LogP contribution is -2.40. The third-order valence-electron chi connectivity index (χ3n) is 13.4. The molecule has 1 heterocycles. The summed E-state index contributed by atoms with van der Waals surface area (Å²) in [4.78, 5) is 2.41. The van der Waals surface area contributed by atoms with Crippen molar-refractivity contribution >= 4 is 49.8 Å². The molecule has 0 amide bonds. The quantitative estimate of drug-likeness (QED) is 0.188. The summed E-state index contributed by atoms with van der Waals surface area (Å²) in [7, 11) is 0. The molecule has 5 atom stereocenters. The van der Waals surface area contributed by atoms with Gasteiger partial charge in [-0.05, 0) is 137 Å². The monoisotopic (exact) mass is 655 g/mol. The molecule has 4 bridgehead atoms. The minimum Gasteiger partial charge on any atom is -0.456 e. The fourth-order valence-electron chi connectivity index (χ4n) is 11.6. The van der Waals surface area contributed by atoms with Crippen LogP contribution in [0.25, 0.3) is 55.0 Å². The average Bonchev–Trinajstić information content (AvgIpc) is 3.86. The molecule has 4 fully saturated rings. The maximum absolute atomic E-state index is 6.23. The predicted molar refractivity (Wildman–Crippen MR) is 210 cm³/mol. The van der Waals surface area contributed by atoms with Gasteiger partial charge in [0.1, 0.15) is 11.2 Å². The van der Waals surface area contributed by atoms with Crippen molar-refractivity contribution in [1.29, 1.82) is 0 Å². The van der Waals surface area contributed by atoms with Gasteiger partial charge in [-0.2, -0.15) is 0 Å². The first-order chi connectivity index (χ1) is 25.2. The Balaban J connectivity index is 0.996. The molecule has 0 aliphatic heterocycles. The molecule has 5 unspecified atom stereocenters. The number of benzene rings is 7. The lowest BCUT2D eigenvalue weighted by Gasteiger charge is -2.44. The van der Waals surface area contributed by atoms with Gasteiger partial charge in [-0.15, -0.1) is 0 Å². The van der Waals surface area contributed by atoms with E-state index >= 15 is 0 Å². The molecule has 7 aromatic carbocycles. The second-order valence-electron chi connectivity index (χ2n) is 15.7. The van der Waals surface area contributed by atoms with Gasteiger partial charge in [0.25, 0.3) is 0 Å². The maximum Gasteiger partial charge on any atom is 0.135 e. The summed E-state index contributed by atoms with van der Waals surface area (Å²) in [6, 6.07) is 56.4. The van der Waals surface area contributed by atoms with E-state index in [9.17, 15) is 0 Å². The van der Waals surface area contributed by atoms with Crippen molar-refractivity contribution in [2.24, 2.45) is 23.7 Å². The normalized spacial score (nSPS) is 23.8. The molecular formula is C49H37NO. The Morgan fingerprint density at radius 2 is 1.25 bits per heavy atom. The fraction of sp³-hybridized carbons (Fsp3) is 0.184. The van der Waals surface area contributed by atoms with Crippen LogP contribution in [0.1, 0.15) is 36.8 Å². The van der Waals surface area contributed by atoms with Crippen molar-refractivity contribution in [3.8, 4) is 22.3 Å². The Hall–Kier alpha value is -5.60. The minimum atomic E-state index is 0.195. The van der Waals surface area contributed by atoms with E-state index in [1.54, 1.807) is 11.1 Å². The van der Waals surface area contributed by atoms with Crippen LogP contribution >= 0.6 is 0 Å². The Kier molecular flexibility index (Phi) is 5.65. The largest absolute Gasteiger partial charge is 0.456 e. The molecule has 8 aromatic rings. The molecule has 4 saturated carbocycles. The van der Waals surface area contributed by atoms with Crippen molar-refractivity contribution < 1.29 is 4.42 Å². The molecule has 5 aliphatic carbocycles. The van der Waals surface area contributed by atoms with E-state index in [4.69, 9.17) is 4.42 Å².